The van der Waals surface area contributed by atoms with E-state index in [1.165, 1.54) is 18.2 Å². The molecule has 0 bridgehead atoms. The second-order valence-corrected chi connectivity index (χ2v) is 6.08. The van der Waals surface area contributed by atoms with Gasteiger partial charge in [-0.2, -0.15) is 0 Å². The maximum absolute atomic E-state index is 13.6. The van der Waals surface area contributed by atoms with Gasteiger partial charge in [-0.15, -0.1) is 0 Å². The first-order valence-corrected chi connectivity index (χ1v) is 8.21. The number of carbonyl (C=O) groups excluding carboxylic acids is 1. The number of carbonyl (C=O) groups is 1. The molecule has 2 aromatic rings. The normalized spacial score (nSPS) is 19.9. The summed E-state index contributed by atoms with van der Waals surface area (Å²) in [6.07, 6.45) is 2.78. The van der Waals surface area contributed by atoms with Crippen molar-refractivity contribution in [3.63, 3.8) is 0 Å². The van der Waals surface area contributed by atoms with Crippen LogP contribution in [0.3, 0.4) is 0 Å². The molecular formula is C19H21FN2O2. The average Bonchev–Trinajstić information content (AvgIpc) is 3.07. The lowest BCUT2D eigenvalue weighted by atomic mass is 9.95. The predicted octanol–water partition coefficient (Wildman–Crippen LogP) is 3.93. The minimum atomic E-state index is -0.424. The van der Waals surface area contributed by atoms with Gasteiger partial charge in [0.15, 0.2) is 5.75 Å². The maximum atomic E-state index is 13.6. The molecule has 0 spiro atoms. The molecule has 3 N–H and O–H groups in total. The van der Waals surface area contributed by atoms with Crippen LogP contribution in [0, 0.1) is 17.7 Å². The standard InChI is InChI=1S/C19H21FN2O2/c20-14-9-10-18(24-15-6-2-1-3-7-15)17(11-14)22-19(23)16-8-4-5-13(16)12-21/h1-3,6-7,9-11,13,16H,4-5,8,12,21H2,(H,22,23)/t13-,16-/m1/s1. The molecule has 0 aliphatic heterocycles. The van der Waals surface area contributed by atoms with E-state index < -0.39 is 5.82 Å². The van der Waals surface area contributed by atoms with Crippen LogP contribution < -0.4 is 15.8 Å². The van der Waals surface area contributed by atoms with Gasteiger partial charge in [0.1, 0.15) is 11.6 Å². The quantitative estimate of drug-likeness (QED) is 0.874. The van der Waals surface area contributed by atoms with E-state index in [-0.39, 0.29) is 17.7 Å². The first-order valence-electron chi connectivity index (χ1n) is 8.21. The van der Waals surface area contributed by atoms with Crippen molar-refractivity contribution in [1.29, 1.82) is 0 Å². The van der Waals surface area contributed by atoms with Crippen molar-refractivity contribution < 1.29 is 13.9 Å². The van der Waals surface area contributed by atoms with Crippen molar-refractivity contribution in [3.05, 3.63) is 54.3 Å². The van der Waals surface area contributed by atoms with Crippen molar-refractivity contribution >= 4 is 11.6 Å². The highest BCUT2D eigenvalue weighted by Crippen LogP contribution is 2.34. The number of hydrogen-bond acceptors (Lipinski definition) is 3. The Morgan fingerprint density at radius 1 is 1.21 bits per heavy atom. The molecule has 0 radical (unpaired) electrons. The van der Waals surface area contributed by atoms with Gasteiger partial charge in [0, 0.05) is 12.0 Å². The third kappa shape index (κ3) is 3.74. The summed E-state index contributed by atoms with van der Waals surface area (Å²) in [6.45, 7) is 0.495. The zero-order valence-corrected chi connectivity index (χ0v) is 13.4. The lowest BCUT2D eigenvalue weighted by Crippen LogP contribution is -2.29. The van der Waals surface area contributed by atoms with Crippen molar-refractivity contribution in [2.45, 2.75) is 19.3 Å². The van der Waals surface area contributed by atoms with E-state index in [1.54, 1.807) is 12.1 Å². The van der Waals surface area contributed by atoms with Gasteiger partial charge in [-0.3, -0.25) is 4.79 Å². The van der Waals surface area contributed by atoms with Crippen molar-refractivity contribution in [2.75, 3.05) is 11.9 Å². The number of rotatable bonds is 5. The van der Waals surface area contributed by atoms with Crippen LogP contribution in [0.15, 0.2) is 48.5 Å². The second-order valence-electron chi connectivity index (χ2n) is 6.08. The highest BCUT2D eigenvalue weighted by atomic mass is 19.1. The van der Waals surface area contributed by atoms with E-state index in [9.17, 15) is 9.18 Å². The number of halogens is 1. The number of para-hydroxylation sites is 1. The Kier molecular flexibility index (Phi) is 5.11. The summed E-state index contributed by atoms with van der Waals surface area (Å²) in [5.74, 6) is 0.567. The van der Waals surface area contributed by atoms with E-state index in [2.05, 4.69) is 5.32 Å². The van der Waals surface area contributed by atoms with Crippen LogP contribution in [0.1, 0.15) is 19.3 Å². The Morgan fingerprint density at radius 3 is 2.75 bits per heavy atom. The first kappa shape index (κ1) is 16.5. The van der Waals surface area contributed by atoms with Gasteiger partial charge in [-0.05, 0) is 49.6 Å². The van der Waals surface area contributed by atoms with E-state index in [0.717, 1.165) is 19.3 Å². The number of ether oxygens (including phenoxy) is 1. The van der Waals surface area contributed by atoms with Crippen molar-refractivity contribution in [2.24, 2.45) is 17.6 Å². The fourth-order valence-corrected chi connectivity index (χ4v) is 3.19. The molecule has 0 heterocycles. The maximum Gasteiger partial charge on any atom is 0.227 e. The Bertz CT molecular complexity index is 706. The largest absolute Gasteiger partial charge is 0.455 e. The lowest BCUT2D eigenvalue weighted by Gasteiger charge is -2.19. The Balaban J connectivity index is 1.79. The minimum Gasteiger partial charge on any atom is -0.455 e. The average molecular weight is 328 g/mol. The van der Waals surface area contributed by atoms with Crippen LogP contribution in [0.5, 0.6) is 11.5 Å². The number of nitrogens with two attached hydrogens (primary N) is 1. The molecule has 24 heavy (non-hydrogen) atoms. The molecule has 0 aromatic heterocycles. The molecule has 5 heteroatoms. The summed E-state index contributed by atoms with van der Waals surface area (Å²) in [7, 11) is 0. The van der Waals surface area contributed by atoms with Gasteiger partial charge in [0.05, 0.1) is 5.69 Å². The number of anilines is 1. The molecule has 1 aliphatic carbocycles. The van der Waals surface area contributed by atoms with Crippen LogP contribution in [0.25, 0.3) is 0 Å². The zero-order valence-electron chi connectivity index (χ0n) is 13.4. The van der Waals surface area contributed by atoms with Gasteiger partial charge < -0.3 is 15.8 Å². The highest BCUT2D eigenvalue weighted by molar-refractivity contribution is 5.94. The van der Waals surface area contributed by atoms with E-state index >= 15 is 0 Å². The van der Waals surface area contributed by atoms with Crippen LogP contribution in [-0.4, -0.2) is 12.5 Å². The molecule has 1 saturated carbocycles. The van der Waals surface area contributed by atoms with Crippen LogP contribution >= 0.6 is 0 Å². The molecular weight excluding hydrogens is 307 g/mol. The third-order valence-corrected chi connectivity index (χ3v) is 4.47. The summed E-state index contributed by atoms with van der Waals surface area (Å²) < 4.78 is 19.4. The number of hydrogen-bond donors (Lipinski definition) is 2. The van der Waals surface area contributed by atoms with E-state index in [1.807, 2.05) is 18.2 Å². The summed E-state index contributed by atoms with van der Waals surface area (Å²) in [6, 6.07) is 13.3. The monoisotopic (exact) mass is 328 g/mol. The smallest absolute Gasteiger partial charge is 0.227 e. The second kappa shape index (κ2) is 7.45. The fraction of sp³-hybridized carbons (Fsp3) is 0.316. The SMILES string of the molecule is NC[C@H]1CCC[C@H]1C(=O)Nc1cc(F)ccc1Oc1ccccc1. The Hall–Kier alpha value is -2.40. The molecule has 0 saturated heterocycles. The molecule has 1 aliphatic rings. The molecule has 4 nitrogen and oxygen atoms in total. The zero-order chi connectivity index (χ0) is 16.9. The van der Waals surface area contributed by atoms with Crippen molar-refractivity contribution in [1.82, 2.24) is 0 Å². The summed E-state index contributed by atoms with van der Waals surface area (Å²) in [4.78, 5) is 12.6. The first-order chi connectivity index (χ1) is 11.7. The van der Waals surface area contributed by atoms with Gasteiger partial charge in [0.25, 0.3) is 0 Å². The molecule has 1 fully saturated rings. The van der Waals surface area contributed by atoms with Gasteiger partial charge >= 0.3 is 0 Å². The van der Waals surface area contributed by atoms with Crippen molar-refractivity contribution in [3.8, 4) is 11.5 Å². The van der Waals surface area contributed by atoms with E-state index in [0.29, 0.717) is 23.7 Å². The molecule has 3 rings (SSSR count). The van der Waals surface area contributed by atoms with Crippen LogP contribution in [0.4, 0.5) is 10.1 Å². The molecule has 2 atom stereocenters. The summed E-state index contributed by atoms with van der Waals surface area (Å²) >= 11 is 0. The number of nitrogens with one attached hydrogen (secondary N) is 1. The Morgan fingerprint density at radius 2 is 2.00 bits per heavy atom. The summed E-state index contributed by atoms with van der Waals surface area (Å²) in [5.41, 5.74) is 6.09. The van der Waals surface area contributed by atoms with Crippen LogP contribution in [0.2, 0.25) is 0 Å². The summed E-state index contributed by atoms with van der Waals surface area (Å²) in [5, 5.41) is 2.82. The molecule has 126 valence electrons. The third-order valence-electron chi connectivity index (χ3n) is 4.47. The van der Waals surface area contributed by atoms with Crippen LogP contribution in [-0.2, 0) is 4.79 Å². The van der Waals surface area contributed by atoms with E-state index in [4.69, 9.17) is 10.5 Å². The fourth-order valence-electron chi connectivity index (χ4n) is 3.19. The van der Waals surface area contributed by atoms with Gasteiger partial charge in [0.2, 0.25) is 5.91 Å². The lowest BCUT2D eigenvalue weighted by molar-refractivity contribution is -0.120. The van der Waals surface area contributed by atoms with Gasteiger partial charge in [-0.25, -0.2) is 4.39 Å². The highest BCUT2D eigenvalue weighted by Gasteiger charge is 2.32. The van der Waals surface area contributed by atoms with Gasteiger partial charge in [-0.1, -0.05) is 24.6 Å². The Labute approximate surface area is 140 Å². The minimum absolute atomic E-state index is 0.119. The molecule has 0 unspecified atom stereocenters. The number of amides is 1. The predicted molar refractivity (Wildman–Crippen MR) is 91.4 cm³/mol. The molecule has 1 amide bonds. The topological polar surface area (TPSA) is 64.4 Å². The number of benzene rings is 2. The molecule has 2 aromatic carbocycles.